The highest BCUT2D eigenvalue weighted by atomic mass is 35.5. The fourth-order valence-corrected chi connectivity index (χ4v) is 2.91. The smallest absolute Gasteiger partial charge is 0.359 e. The number of thiophene rings is 1. The van der Waals surface area contributed by atoms with E-state index in [0.717, 1.165) is 17.5 Å². The summed E-state index contributed by atoms with van der Waals surface area (Å²) in [5, 5.41) is 4.11. The minimum atomic E-state index is -0.949. The molecule has 3 N–H and O–H groups in total. The number of halogens is 3. The van der Waals surface area contributed by atoms with Crippen LogP contribution < -0.4 is 11.1 Å². The van der Waals surface area contributed by atoms with E-state index in [4.69, 9.17) is 45.3 Å². The number of nitrogens with two attached hydrogens (primary N) is 1. The van der Waals surface area contributed by atoms with Gasteiger partial charge in [0.1, 0.15) is 5.00 Å². The summed E-state index contributed by atoms with van der Waals surface area (Å²) < 4.78 is 4.80. The molecule has 0 radical (unpaired) electrons. The maximum atomic E-state index is 11.9. The summed E-state index contributed by atoms with van der Waals surface area (Å²) in [4.78, 5) is 38.6. The predicted molar refractivity (Wildman–Crippen MR) is 91.0 cm³/mol. The van der Waals surface area contributed by atoms with Crippen LogP contribution in [-0.2, 0) is 9.53 Å². The number of hydrogen-bond acceptors (Lipinski definition) is 6. The number of nitrogens with zero attached hydrogens (tertiary/aromatic N) is 1. The topological polar surface area (TPSA) is 111 Å². The van der Waals surface area contributed by atoms with Gasteiger partial charge < -0.3 is 15.8 Å². The number of pyridine rings is 1. The van der Waals surface area contributed by atoms with E-state index in [2.05, 4.69) is 10.3 Å². The number of ether oxygens (including phenoxy) is 1. The molecule has 7 nitrogen and oxygen atoms in total. The van der Waals surface area contributed by atoms with Crippen LogP contribution in [0.1, 0.15) is 20.8 Å². The molecule has 0 aliphatic rings. The van der Waals surface area contributed by atoms with Crippen molar-refractivity contribution in [1.82, 2.24) is 4.98 Å². The van der Waals surface area contributed by atoms with E-state index in [9.17, 15) is 14.4 Å². The molecule has 2 aromatic rings. The molecule has 0 aromatic carbocycles. The number of anilines is 1. The number of esters is 1. The summed E-state index contributed by atoms with van der Waals surface area (Å²) in [6.45, 7) is -0.618. The lowest BCUT2D eigenvalue weighted by Crippen LogP contribution is -2.22. The normalized spacial score (nSPS) is 10.3. The quantitative estimate of drug-likeness (QED) is 0.739. The Hall–Kier alpha value is -1.87. The van der Waals surface area contributed by atoms with E-state index in [1.807, 2.05) is 0 Å². The van der Waals surface area contributed by atoms with Gasteiger partial charge in [0.05, 0.1) is 20.6 Å². The molecule has 0 saturated heterocycles. The van der Waals surface area contributed by atoms with Crippen molar-refractivity contribution in [3.05, 3.63) is 44.0 Å². The molecule has 0 unspecified atom stereocenters. The molecule has 11 heteroatoms. The first-order valence-electron chi connectivity index (χ1n) is 6.15. The molecular weight excluding hydrogens is 401 g/mol. The molecule has 0 aliphatic heterocycles. The molecule has 2 amide bonds. The summed E-state index contributed by atoms with van der Waals surface area (Å²) >= 11 is 18.5. The van der Waals surface area contributed by atoms with Crippen LogP contribution in [0.15, 0.2) is 17.6 Å². The molecule has 2 rings (SSSR count). The lowest BCUT2D eigenvalue weighted by molar-refractivity contribution is -0.119. The number of aromatic nitrogens is 1. The molecule has 2 heterocycles. The summed E-state index contributed by atoms with van der Waals surface area (Å²) in [5.41, 5.74) is 5.05. The van der Waals surface area contributed by atoms with Crippen molar-refractivity contribution in [2.45, 2.75) is 0 Å². The summed E-state index contributed by atoms with van der Waals surface area (Å²) in [6.07, 6.45) is 1.14. The highest BCUT2D eigenvalue weighted by Gasteiger charge is 2.20. The third-order valence-electron chi connectivity index (χ3n) is 2.63. The molecule has 126 valence electrons. The minimum absolute atomic E-state index is 0.0468. The summed E-state index contributed by atoms with van der Waals surface area (Å²) in [7, 11) is 0. The Balaban J connectivity index is 1.99. The zero-order chi connectivity index (χ0) is 17.9. The molecule has 0 saturated carbocycles. The second-order valence-corrected chi connectivity index (χ2v) is 6.31. The van der Waals surface area contributed by atoms with E-state index in [1.54, 1.807) is 5.38 Å². The van der Waals surface area contributed by atoms with Gasteiger partial charge in [0.2, 0.25) is 0 Å². The fourth-order valence-electron chi connectivity index (χ4n) is 1.55. The van der Waals surface area contributed by atoms with Crippen LogP contribution in [0.5, 0.6) is 0 Å². The first-order chi connectivity index (χ1) is 11.3. The van der Waals surface area contributed by atoms with Crippen LogP contribution >= 0.6 is 46.1 Å². The van der Waals surface area contributed by atoms with Crippen LogP contribution in [0.25, 0.3) is 0 Å². The second-order valence-electron chi connectivity index (χ2n) is 4.23. The third-order valence-corrected chi connectivity index (χ3v) is 4.70. The minimum Gasteiger partial charge on any atom is -0.451 e. The first-order valence-corrected chi connectivity index (χ1v) is 8.16. The van der Waals surface area contributed by atoms with Gasteiger partial charge >= 0.3 is 5.97 Å². The van der Waals surface area contributed by atoms with E-state index >= 15 is 0 Å². The average molecular weight is 409 g/mol. The Bertz CT molecular complexity index is 825. The van der Waals surface area contributed by atoms with Crippen molar-refractivity contribution in [3.63, 3.8) is 0 Å². The Kier molecular flexibility index (Phi) is 6.00. The van der Waals surface area contributed by atoms with Gasteiger partial charge in [-0.15, -0.1) is 11.3 Å². The van der Waals surface area contributed by atoms with Crippen LogP contribution in [0.3, 0.4) is 0 Å². The van der Waals surface area contributed by atoms with Gasteiger partial charge in [-0.2, -0.15) is 0 Å². The molecule has 0 fully saturated rings. The second kappa shape index (κ2) is 7.80. The Labute approximate surface area is 154 Å². The highest BCUT2D eigenvalue weighted by molar-refractivity contribution is 7.14. The number of nitrogens with one attached hydrogen (secondary N) is 1. The third kappa shape index (κ3) is 4.15. The molecule has 0 aliphatic carbocycles. The van der Waals surface area contributed by atoms with E-state index in [-0.39, 0.29) is 31.3 Å². The maximum Gasteiger partial charge on any atom is 0.359 e. The number of primary amides is 1. The van der Waals surface area contributed by atoms with E-state index < -0.39 is 24.4 Å². The van der Waals surface area contributed by atoms with Crippen molar-refractivity contribution < 1.29 is 19.1 Å². The van der Waals surface area contributed by atoms with Crippen molar-refractivity contribution in [1.29, 1.82) is 0 Å². The highest BCUT2D eigenvalue weighted by Crippen LogP contribution is 2.31. The average Bonchev–Trinajstić information content (AvgIpc) is 2.99. The van der Waals surface area contributed by atoms with Crippen molar-refractivity contribution in [3.8, 4) is 0 Å². The van der Waals surface area contributed by atoms with Crippen molar-refractivity contribution in [2.24, 2.45) is 5.73 Å². The van der Waals surface area contributed by atoms with Gasteiger partial charge in [-0.1, -0.05) is 34.8 Å². The Morgan fingerprint density at radius 1 is 1.25 bits per heavy atom. The lowest BCUT2D eigenvalue weighted by Gasteiger charge is -2.08. The predicted octanol–water partition coefficient (Wildman–Crippen LogP) is 3.00. The SMILES string of the molecule is NC(=O)c1ccsc1NC(=O)COC(=O)c1ncc(Cl)c(Cl)c1Cl. The molecule has 2 aromatic heterocycles. The molecule has 0 spiro atoms. The Morgan fingerprint density at radius 3 is 2.62 bits per heavy atom. The van der Waals surface area contributed by atoms with Crippen LogP contribution in [0.2, 0.25) is 15.1 Å². The number of hydrogen-bond donors (Lipinski definition) is 2. The van der Waals surface area contributed by atoms with Crippen LogP contribution in [0.4, 0.5) is 5.00 Å². The number of amides is 2. The summed E-state index contributed by atoms with van der Waals surface area (Å²) in [6, 6.07) is 1.47. The van der Waals surface area contributed by atoms with Crippen molar-refractivity contribution >= 4 is 68.9 Å². The molecular formula is C13H8Cl3N3O4S. The Morgan fingerprint density at radius 2 is 1.96 bits per heavy atom. The monoisotopic (exact) mass is 407 g/mol. The van der Waals surface area contributed by atoms with E-state index in [1.165, 1.54) is 6.07 Å². The molecule has 0 bridgehead atoms. The number of rotatable bonds is 5. The van der Waals surface area contributed by atoms with Gasteiger partial charge in [0.25, 0.3) is 11.8 Å². The number of carbonyl (C=O) groups excluding carboxylic acids is 3. The zero-order valence-corrected chi connectivity index (χ0v) is 14.7. The van der Waals surface area contributed by atoms with Crippen LogP contribution in [0, 0.1) is 0 Å². The number of carbonyl (C=O) groups is 3. The van der Waals surface area contributed by atoms with Gasteiger partial charge in [-0.25, -0.2) is 9.78 Å². The molecule has 24 heavy (non-hydrogen) atoms. The van der Waals surface area contributed by atoms with Crippen molar-refractivity contribution in [2.75, 3.05) is 11.9 Å². The van der Waals surface area contributed by atoms with Gasteiger partial charge in [-0.05, 0) is 11.4 Å². The van der Waals surface area contributed by atoms with Gasteiger partial charge in [0.15, 0.2) is 12.3 Å². The van der Waals surface area contributed by atoms with Gasteiger partial charge in [-0.3, -0.25) is 9.59 Å². The lowest BCUT2D eigenvalue weighted by atomic mass is 10.3. The van der Waals surface area contributed by atoms with E-state index in [0.29, 0.717) is 0 Å². The maximum absolute atomic E-state index is 11.9. The largest absolute Gasteiger partial charge is 0.451 e. The zero-order valence-electron chi connectivity index (χ0n) is 11.6. The standard InChI is InChI=1S/C13H8Cl3N3O4S/c14-6-3-18-10(9(16)8(6)15)13(22)23-4-7(20)19-12-5(11(17)21)1-2-24-12/h1-3H,4H2,(H2,17,21)(H,19,20). The summed E-state index contributed by atoms with van der Waals surface area (Å²) in [5.74, 6) is -2.30. The first kappa shape index (κ1) is 18.5. The van der Waals surface area contributed by atoms with Crippen LogP contribution in [-0.4, -0.2) is 29.4 Å². The molecule has 0 atom stereocenters. The fraction of sp³-hybridized carbons (Fsp3) is 0.0769. The van der Waals surface area contributed by atoms with Gasteiger partial charge in [0, 0.05) is 6.20 Å².